The second-order valence-electron chi connectivity index (χ2n) is 10.6. The SMILES string of the molecule is C1=CNc2ccccc2C=C1.Cc1ccc(S(=O)(=O)C2=c3ccc4c(c3CCC2)[C@@H](CO)C=c2ccccc2=4)cc1. The Morgan fingerprint density at radius 1 is 0.829 bits per heavy atom. The molecule has 3 aliphatic rings. The highest BCUT2D eigenvalue weighted by Crippen LogP contribution is 2.31. The first kappa shape index (κ1) is 27.0. The Hall–Kier alpha value is -4.19. The first-order chi connectivity index (χ1) is 20.0. The van der Waals surface area contributed by atoms with Crippen molar-refractivity contribution in [1.82, 2.24) is 0 Å². The number of sulfone groups is 1. The highest BCUT2D eigenvalue weighted by molar-refractivity contribution is 8.00. The van der Waals surface area contributed by atoms with E-state index in [9.17, 15) is 13.5 Å². The first-order valence-electron chi connectivity index (χ1n) is 14.0. The van der Waals surface area contributed by atoms with E-state index in [-0.39, 0.29) is 12.5 Å². The van der Waals surface area contributed by atoms with Crippen LogP contribution in [0.15, 0.2) is 108 Å². The summed E-state index contributed by atoms with van der Waals surface area (Å²) in [6, 6.07) is 27.5. The molecule has 0 bridgehead atoms. The number of allylic oxidation sites excluding steroid dienone is 2. The molecule has 0 spiro atoms. The van der Waals surface area contributed by atoms with E-state index in [4.69, 9.17) is 0 Å². The number of aryl methyl sites for hydroxylation is 1. The van der Waals surface area contributed by atoms with Crippen molar-refractivity contribution in [3.05, 3.63) is 146 Å². The molecule has 2 aliphatic carbocycles. The molecule has 0 aromatic heterocycles. The summed E-state index contributed by atoms with van der Waals surface area (Å²) in [4.78, 5) is 0.857. The maximum atomic E-state index is 13.5. The van der Waals surface area contributed by atoms with Gasteiger partial charge in [-0.1, -0.05) is 90.5 Å². The lowest BCUT2D eigenvalue weighted by molar-refractivity contribution is 0.287. The lowest BCUT2D eigenvalue weighted by Crippen LogP contribution is -2.27. The molecule has 4 nitrogen and oxygen atoms in total. The Kier molecular flexibility index (Phi) is 7.48. The second kappa shape index (κ2) is 11.4. The predicted molar refractivity (Wildman–Crippen MR) is 167 cm³/mol. The van der Waals surface area contributed by atoms with Crippen LogP contribution in [0.5, 0.6) is 0 Å². The van der Waals surface area contributed by atoms with Gasteiger partial charge in [-0.2, -0.15) is 0 Å². The standard InChI is InChI=1S/C26H24O3S.C10H9N/c1-17-9-11-20(12-10-17)30(28,29)25-8-4-7-23-22(25)13-14-24-21-6-3-2-5-18(21)15-19(16-27)26(23)24;1-2-7-10-9(5-1)6-3-4-8-11-10/h2-3,5-6,9-15,19,27H,4,7-8,16H2,1H3;1-8,11H/t19-;/m1./s1. The summed E-state index contributed by atoms with van der Waals surface area (Å²) in [7, 11) is -3.56. The van der Waals surface area contributed by atoms with Gasteiger partial charge in [-0.25, -0.2) is 8.42 Å². The average molecular weight is 560 g/mol. The summed E-state index contributed by atoms with van der Waals surface area (Å²) in [6.45, 7) is 1.97. The van der Waals surface area contributed by atoms with Gasteiger partial charge in [0, 0.05) is 17.8 Å². The first-order valence-corrected chi connectivity index (χ1v) is 15.5. The minimum atomic E-state index is -3.56. The van der Waals surface area contributed by atoms with Crippen molar-refractivity contribution in [2.45, 2.75) is 37.0 Å². The van der Waals surface area contributed by atoms with Gasteiger partial charge in [-0.15, -0.1) is 0 Å². The van der Waals surface area contributed by atoms with Crippen LogP contribution in [0.4, 0.5) is 5.69 Å². The Labute approximate surface area is 240 Å². The molecular weight excluding hydrogens is 526 g/mol. The highest BCUT2D eigenvalue weighted by atomic mass is 32.2. The third-order valence-electron chi connectivity index (χ3n) is 8.03. The molecule has 1 atom stereocenters. The zero-order chi connectivity index (χ0) is 28.4. The van der Waals surface area contributed by atoms with Crippen LogP contribution < -0.4 is 15.8 Å². The summed E-state index contributed by atoms with van der Waals surface area (Å²) >= 11 is 0. The fourth-order valence-corrected chi connectivity index (χ4v) is 7.68. The minimum Gasteiger partial charge on any atom is -0.395 e. The van der Waals surface area contributed by atoms with Crippen LogP contribution in [0.1, 0.15) is 41.0 Å². The van der Waals surface area contributed by atoms with Crippen molar-refractivity contribution in [1.29, 1.82) is 0 Å². The number of hydrogen-bond donors (Lipinski definition) is 2. The third-order valence-corrected chi connectivity index (χ3v) is 9.99. The van der Waals surface area contributed by atoms with E-state index >= 15 is 0 Å². The van der Waals surface area contributed by atoms with Crippen molar-refractivity contribution < 1.29 is 13.5 Å². The normalized spacial score (nSPS) is 16.4. The number of anilines is 1. The van der Waals surface area contributed by atoms with E-state index < -0.39 is 9.84 Å². The molecule has 7 rings (SSSR count). The number of nitrogens with one attached hydrogen (secondary N) is 1. The molecule has 5 heteroatoms. The van der Waals surface area contributed by atoms with Gasteiger partial charge in [0.25, 0.3) is 0 Å². The largest absolute Gasteiger partial charge is 0.395 e. The Balaban J connectivity index is 0.000000229. The molecule has 0 saturated carbocycles. The summed E-state index contributed by atoms with van der Waals surface area (Å²) in [5, 5.41) is 17.5. The molecule has 0 saturated heterocycles. The van der Waals surface area contributed by atoms with Crippen LogP contribution >= 0.6 is 0 Å². The monoisotopic (exact) mass is 559 g/mol. The lowest BCUT2D eigenvalue weighted by Gasteiger charge is -2.24. The highest BCUT2D eigenvalue weighted by Gasteiger charge is 2.27. The molecule has 0 unspecified atom stereocenters. The molecule has 4 aromatic rings. The van der Waals surface area contributed by atoms with Gasteiger partial charge in [0.15, 0.2) is 0 Å². The molecule has 0 fully saturated rings. The van der Waals surface area contributed by atoms with Crippen LogP contribution in [0.2, 0.25) is 0 Å². The molecule has 0 radical (unpaired) electrons. The van der Waals surface area contributed by atoms with E-state index in [0.29, 0.717) is 16.2 Å². The van der Waals surface area contributed by atoms with Crippen LogP contribution in [0.3, 0.4) is 0 Å². The zero-order valence-corrected chi connectivity index (χ0v) is 23.9. The topological polar surface area (TPSA) is 66.4 Å². The van der Waals surface area contributed by atoms with Crippen molar-refractivity contribution >= 4 is 32.6 Å². The number of rotatable bonds is 3. The fraction of sp³-hybridized carbons (Fsp3) is 0.167. The van der Waals surface area contributed by atoms with E-state index in [2.05, 4.69) is 41.7 Å². The van der Waals surface area contributed by atoms with E-state index in [1.54, 1.807) is 12.1 Å². The Morgan fingerprint density at radius 3 is 2.41 bits per heavy atom. The quantitative estimate of drug-likeness (QED) is 0.338. The fourth-order valence-electron chi connectivity index (χ4n) is 6.01. The van der Waals surface area contributed by atoms with Crippen molar-refractivity contribution in [2.75, 3.05) is 11.9 Å². The number of benzene rings is 4. The van der Waals surface area contributed by atoms with Gasteiger partial charge in [-0.3, -0.25) is 0 Å². The molecule has 41 heavy (non-hydrogen) atoms. The van der Waals surface area contributed by atoms with Crippen LogP contribution in [-0.4, -0.2) is 20.1 Å². The van der Waals surface area contributed by atoms with Crippen molar-refractivity contribution in [3.8, 4) is 0 Å². The van der Waals surface area contributed by atoms with Crippen LogP contribution in [-0.2, 0) is 16.3 Å². The second-order valence-corrected chi connectivity index (χ2v) is 12.6. The molecular formula is C36H33NO3S. The van der Waals surface area contributed by atoms with Gasteiger partial charge in [0.05, 0.1) is 16.4 Å². The molecule has 4 aromatic carbocycles. The molecule has 1 heterocycles. The van der Waals surface area contributed by atoms with Gasteiger partial charge < -0.3 is 10.4 Å². The van der Waals surface area contributed by atoms with E-state index in [0.717, 1.165) is 56.1 Å². The maximum absolute atomic E-state index is 13.5. The average Bonchev–Trinajstić information content (AvgIpc) is 3.26. The number of fused-ring (bicyclic) bond motifs is 5. The summed E-state index contributed by atoms with van der Waals surface area (Å²) in [5.41, 5.74) is 5.60. The van der Waals surface area contributed by atoms with Crippen LogP contribution in [0.25, 0.3) is 17.1 Å². The van der Waals surface area contributed by atoms with Crippen molar-refractivity contribution in [2.24, 2.45) is 0 Å². The number of para-hydroxylation sites is 1. The van der Waals surface area contributed by atoms with Gasteiger partial charge in [-0.05, 0) is 88.0 Å². The molecule has 206 valence electrons. The summed E-state index contributed by atoms with van der Waals surface area (Å²) < 4.78 is 27.0. The molecule has 0 amide bonds. The minimum absolute atomic E-state index is 0.0117. The van der Waals surface area contributed by atoms with Crippen molar-refractivity contribution in [3.63, 3.8) is 0 Å². The summed E-state index contributed by atoms with van der Waals surface area (Å²) in [6.07, 6.45) is 12.3. The zero-order valence-electron chi connectivity index (χ0n) is 23.0. The number of aliphatic hydroxyl groups excluding tert-OH is 1. The van der Waals surface area contributed by atoms with E-state index in [1.807, 2.05) is 73.8 Å². The maximum Gasteiger partial charge on any atom is 0.203 e. The van der Waals surface area contributed by atoms with Gasteiger partial charge in [0.1, 0.15) is 0 Å². The third kappa shape index (κ3) is 5.19. The van der Waals surface area contributed by atoms with Gasteiger partial charge >= 0.3 is 0 Å². The Bertz CT molecular complexity index is 2010. The summed E-state index contributed by atoms with van der Waals surface area (Å²) in [5.74, 6) is -0.119. The number of aliphatic hydroxyl groups is 1. The lowest BCUT2D eigenvalue weighted by atomic mass is 9.83. The smallest absolute Gasteiger partial charge is 0.203 e. The predicted octanol–water partition coefficient (Wildman–Crippen LogP) is 5.71. The molecule has 1 aliphatic heterocycles. The van der Waals surface area contributed by atoms with Crippen LogP contribution in [0, 0.1) is 17.4 Å². The van der Waals surface area contributed by atoms with E-state index in [1.165, 1.54) is 5.56 Å². The number of hydrogen-bond acceptors (Lipinski definition) is 4. The van der Waals surface area contributed by atoms with Gasteiger partial charge in [0.2, 0.25) is 9.84 Å². The Morgan fingerprint density at radius 2 is 1.59 bits per heavy atom. The molecule has 2 N–H and O–H groups in total.